The van der Waals surface area contributed by atoms with Gasteiger partial charge in [0, 0.05) is 10.9 Å². The van der Waals surface area contributed by atoms with E-state index in [-0.39, 0.29) is 12.0 Å². The van der Waals surface area contributed by atoms with Crippen LogP contribution in [0.1, 0.15) is 43.5 Å². The third kappa shape index (κ3) is 3.84. The monoisotopic (exact) mass is 291 g/mol. The Balaban J connectivity index is 1.99. The molecule has 2 N–H and O–H groups in total. The standard InChI is InChI=1S/C15H21N3OS/c1-4-13(11(3)16)15-17-14(18-19-15)9-20-12-7-5-6-10(2)8-12/h5-8,11,13H,4,9,16H2,1-3H3. The molecule has 20 heavy (non-hydrogen) atoms. The van der Waals surface area contributed by atoms with E-state index >= 15 is 0 Å². The molecule has 0 aliphatic rings. The second kappa shape index (κ2) is 6.90. The van der Waals surface area contributed by atoms with Gasteiger partial charge in [0.25, 0.3) is 0 Å². The van der Waals surface area contributed by atoms with Crippen molar-refractivity contribution in [3.05, 3.63) is 41.5 Å². The van der Waals surface area contributed by atoms with Gasteiger partial charge in [-0.15, -0.1) is 11.8 Å². The highest BCUT2D eigenvalue weighted by Gasteiger charge is 2.20. The van der Waals surface area contributed by atoms with Crippen LogP contribution in [0.3, 0.4) is 0 Å². The molecule has 0 saturated heterocycles. The van der Waals surface area contributed by atoms with Gasteiger partial charge in [-0.05, 0) is 32.4 Å². The number of aromatic nitrogens is 2. The fraction of sp³-hybridized carbons (Fsp3) is 0.467. The molecule has 1 heterocycles. The Morgan fingerprint density at radius 2 is 2.20 bits per heavy atom. The van der Waals surface area contributed by atoms with Crippen molar-refractivity contribution >= 4 is 11.8 Å². The summed E-state index contributed by atoms with van der Waals surface area (Å²) in [6.45, 7) is 6.14. The number of rotatable bonds is 6. The predicted molar refractivity (Wildman–Crippen MR) is 81.7 cm³/mol. The average Bonchev–Trinajstić information content (AvgIpc) is 2.85. The first-order valence-corrected chi connectivity index (χ1v) is 7.86. The molecule has 2 rings (SSSR count). The van der Waals surface area contributed by atoms with Gasteiger partial charge in [-0.2, -0.15) is 4.98 Å². The summed E-state index contributed by atoms with van der Waals surface area (Å²) in [5, 5.41) is 4.04. The number of aryl methyl sites for hydroxylation is 1. The molecule has 2 unspecified atom stereocenters. The number of thioether (sulfide) groups is 1. The lowest BCUT2D eigenvalue weighted by molar-refractivity contribution is 0.331. The molecule has 0 bridgehead atoms. The fourth-order valence-electron chi connectivity index (χ4n) is 2.10. The maximum Gasteiger partial charge on any atom is 0.231 e. The summed E-state index contributed by atoms with van der Waals surface area (Å²) < 4.78 is 5.34. The maximum atomic E-state index is 5.94. The zero-order valence-electron chi connectivity index (χ0n) is 12.2. The van der Waals surface area contributed by atoms with E-state index in [1.165, 1.54) is 10.5 Å². The lowest BCUT2D eigenvalue weighted by Crippen LogP contribution is -2.24. The van der Waals surface area contributed by atoms with Crippen molar-refractivity contribution in [1.82, 2.24) is 10.1 Å². The predicted octanol–water partition coefficient (Wildman–Crippen LogP) is 3.51. The van der Waals surface area contributed by atoms with Crippen LogP contribution in [0.25, 0.3) is 0 Å². The van der Waals surface area contributed by atoms with Gasteiger partial charge in [0.15, 0.2) is 5.82 Å². The Morgan fingerprint density at radius 1 is 1.40 bits per heavy atom. The molecule has 2 aromatic rings. The minimum atomic E-state index is 0.0257. The fourth-order valence-corrected chi connectivity index (χ4v) is 2.96. The van der Waals surface area contributed by atoms with Crippen LogP contribution in [0.15, 0.2) is 33.7 Å². The highest BCUT2D eigenvalue weighted by Crippen LogP contribution is 2.25. The van der Waals surface area contributed by atoms with Crippen LogP contribution in [-0.2, 0) is 5.75 Å². The Labute approximate surface area is 124 Å². The number of hydrogen-bond acceptors (Lipinski definition) is 5. The van der Waals surface area contributed by atoms with Gasteiger partial charge in [-0.1, -0.05) is 29.8 Å². The zero-order valence-corrected chi connectivity index (χ0v) is 13.0. The molecule has 0 aliphatic heterocycles. The molecule has 1 aromatic carbocycles. The van der Waals surface area contributed by atoms with Crippen LogP contribution < -0.4 is 5.73 Å². The van der Waals surface area contributed by atoms with Crippen molar-refractivity contribution in [1.29, 1.82) is 0 Å². The minimum absolute atomic E-state index is 0.0257. The largest absolute Gasteiger partial charge is 0.339 e. The summed E-state index contributed by atoms with van der Waals surface area (Å²) in [5.41, 5.74) is 7.19. The van der Waals surface area contributed by atoms with Crippen molar-refractivity contribution in [3.8, 4) is 0 Å². The summed E-state index contributed by atoms with van der Waals surface area (Å²) in [6, 6.07) is 8.42. The molecular formula is C15H21N3OS. The first-order chi connectivity index (χ1) is 9.60. The molecule has 0 aliphatic carbocycles. The maximum absolute atomic E-state index is 5.94. The smallest absolute Gasteiger partial charge is 0.231 e. The first kappa shape index (κ1) is 15.1. The van der Waals surface area contributed by atoms with E-state index in [0.717, 1.165) is 12.2 Å². The van der Waals surface area contributed by atoms with Crippen molar-refractivity contribution < 1.29 is 4.52 Å². The van der Waals surface area contributed by atoms with Crippen LogP contribution in [0.2, 0.25) is 0 Å². The van der Waals surface area contributed by atoms with Gasteiger partial charge in [0.05, 0.1) is 11.7 Å². The lowest BCUT2D eigenvalue weighted by Gasteiger charge is -2.13. The van der Waals surface area contributed by atoms with Crippen LogP contribution >= 0.6 is 11.8 Å². The molecule has 4 nitrogen and oxygen atoms in total. The van der Waals surface area contributed by atoms with E-state index in [4.69, 9.17) is 10.3 Å². The van der Waals surface area contributed by atoms with Gasteiger partial charge in [0.1, 0.15) is 0 Å². The summed E-state index contributed by atoms with van der Waals surface area (Å²) in [5.74, 6) is 2.23. The first-order valence-electron chi connectivity index (χ1n) is 6.87. The second-order valence-corrected chi connectivity index (χ2v) is 6.08. The van der Waals surface area contributed by atoms with Crippen LogP contribution in [0.4, 0.5) is 0 Å². The van der Waals surface area contributed by atoms with Gasteiger partial charge < -0.3 is 10.3 Å². The van der Waals surface area contributed by atoms with Crippen molar-refractivity contribution in [3.63, 3.8) is 0 Å². The molecular weight excluding hydrogens is 270 g/mol. The summed E-state index contributed by atoms with van der Waals surface area (Å²) >= 11 is 1.71. The van der Waals surface area contributed by atoms with Gasteiger partial charge in [-0.3, -0.25) is 0 Å². The molecule has 108 valence electrons. The molecule has 0 amide bonds. The third-order valence-corrected chi connectivity index (χ3v) is 4.22. The molecule has 0 fully saturated rings. The molecule has 0 saturated carbocycles. The summed E-state index contributed by atoms with van der Waals surface area (Å²) in [6.07, 6.45) is 0.907. The number of nitrogens with two attached hydrogens (primary N) is 1. The lowest BCUT2D eigenvalue weighted by atomic mass is 9.99. The van der Waals surface area contributed by atoms with E-state index in [1.807, 2.05) is 6.92 Å². The number of hydrogen-bond donors (Lipinski definition) is 1. The van der Waals surface area contributed by atoms with Crippen LogP contribution in [-0.4, -0.2) is 16.2 Å². The third-order valence-electron chi connectivity index (χ3n) is 3.23. The summed E-state index contributed by atoms with van der Waals surface area (Å²) in [4.78, 5) is 5.68. The Kier molecular flexibility index (Phi) is 5.20. The quantitative estimate of drug-likeness (QED) is 0.825. The van der Waals surface area contributed by atoms with E-state index in [2.05, 4.69) is 48.3 Å². The van der Waals surface area contributed by atoms with Gasteiger partial charge in [0.2, 0.25) is 5.89 Å². The number of benzene rings is 1. The van der Waals surface area contributed by atoms with Gasteiger partial charge >= 0.3 is 0 Å². The van der Waals surface area contributed by atoms with Crippen LogP contribution in [0, 0.1) is 6.92 Å². The Bertz CT molecular complexity index is 554. The molecule has 0 spiro atoms. The van der Waals surface area contributed by atoms with Crippen LogP contribution in [0.5, 0.6) is 0 Å². The van der Waals surface area contributed by atoms with Gasteiger partial charge in [-0.25, -0.2) is 0 Å². The molecule has 5 heteroatoms. The molecule has 1 aromatic heterocycles. The highest BCUT2D eigenvalue weighted by atomic mass is 32.2. The average molecular weight is 291 g/mol. The van der Waals surface area contributed by atoms with E-state index in [9.17, 15) is 0 Å². The zero-order chi connectivity index (χ0) is 14.5. The molecule has 0 radical (unpaired) electrons. The SMILES string of the molecule is CCC(c1nc(CSc2cccc(C)c2)no1)C(C)N. The molecule has 2 atom stereocenters. The van der Waals surface area contributed by atoms with E-state index in [0.29, 0.717) is 11.6 Å². The summed E-state index contributed by atoms with van der Waals surface area (Å²) in [7, 11) is 0. The van der Waals surface area contributed by atoms with Crippen molar-refractivity contribution in [2.24, 2.45) is 5.73 Å². The normalized spacial score (nSPS) is 14.2. The van der Waals surface area contributed by atoms with E-state index < -0.39 is 0 Å². The second-order valence-electron chi connectivity index (χ2n) is 5.03. The Hall–Kier alpha value is -1.33. The Morgan fingerprint density at radius 3 is 2.85 bits per heavy atom. The van der Waals surface area contributed by atoms with Crippen molar-refractivity contribution in [2.75, 3.05) is 0 Å². The highest BCUT2D eigenvalue weighted by molar-refractivity contribution is 7.98. The topological polar surface area (TPSA) is 64.9 Å². The number of nitrogens with zero attached hydrogens (tertiary/aromatic N) is 2. The minimum Gasteiger partial charge on any atom is -0.339 e. The van der Waals surface area contributed by atoms with E-state index in [1.54, 1.807) is 11.8 Å². The van der Waals surface area contributed by atoms with Crippen molar-refractivity contribution in [2.45, 2.75) is 49.8 Å².